The summed E-state index contributed by atoms with van der Waals surface area (Å²) in [6.45, 7) is 2.50. The second kappa shape index (κ2) is 8.77. The monoisotopic (exact) mass is 406 g/mol. The summed E-state index contributed by atoms with van der Waals surface area (Å²) in [6.07, 6.45) is 0.913. The second-order valence-electron chi connectivity index (χ2n) is 6.92. The van der Waals surface area contributed by atoms with Gasteiger partial charge in [0.2, 0.25) is 5.88 Å². The number of ether oxygens (including phenoxy) is 2. The maximum Gasteiger partial charge on any atom is 0.339 e. The Balaban J connectivity index is 1.65. The van der Waals surface area contributed by atoms with E-state index >= 15 is 0 Å². The summed E-state index contributed by atoms with van der Waals surface area (Å²) in [5.41, 5.74) is 4.08. The molecule has 0 saturated carbocycles. The van der Waals surface area contributed by atoms with E-state index < -0.39 is 12.2 Å². The number of carbonyl (C=O) groups is 1. The average molecular weight is 406 g/mol. The molecular formula is C22H22N4O4. The first-order valence-corrected chi connectivity index (χ1v) is 9.85. The highest BCUT2D eigenvalue weighted by Gasteiger charge is 2.26. The molecule has 1 aliphatic heterocycles. The number of fused-ring (bicyclic) bond motifs is 3. The third kappa shape index (κ3) is 4.32. The van der Waals surface area contributed by atoms with Crippen molar-refractivity contribution in [3.05, 3.63) is 59.7 Å². The zero-order valence-corrected chi connectivity index (χ0v) is 16.5. The Kier molecular flexibility index (Phi) is 5.74. The Labute approximate surface area is 173 Å². The molecule has 1 aliphatic rings. The molecule has 8 nitrogen and oxygen atoms in total. The highest BCUT2D eigenvalue weighted by atomic mass is 16.5. The van der Waals surface area contributed by atoms with Gasteiger partial charge in [-0.15, -0.1) is 5.10 Å². The van der Waals surface area contributed by atoms with Crippen LogP contribution in [0.1, 0.15) is 37.1 Å². The molecule has 30 heavy (non-hydrogen) atoms. The quantitative estimate of drug-likeness (QED) is 0.609. The lowest BCUT2D eigenvalue weighted by molar-refractivity contribution is -0.136. The van der Waals surface area contributed by atoms with E-state index in [1.54, 1.807) is 0 Å². The van der Waals surface area contributed by atoms with Crippen molar-refractivity contribution in [2.24, 2.45) is 0 Å². The molecular weight excluding hydrogens is 384 g/mol. The van der Waals surface area contributed by atoms with Gasteiger partial charge in [-0.2, -0.15) is 4.98 Å². The fourth-order valence-electron chi connectivity index (χ4n) is 3.16. The van der Waals surface area contributed by atoms with Crippen molar-refractivity contribution in [1.29, 1.82) is 0 Å². The fourth-order valence-corrected chi connectivity index (χ4v) is 3.16. The van der Waals surface area contributed by atoms with E-state index in [0.29, 0.717) is 24.6 Å². The molecule has 0 fully saturated rings. The van der Waals surface area contributed by atoms with Crippen LogP contribution in [0.2, 0.25) is 0 Å². The molecule has 8 heteroatoms. The topological polar surface area (TPSA) is 106 Å². The van der Waals surface area contributed by atoms with Crippen LogP contribution < -0.4 is 14.8 Å². The van der Waals surface area contributed by atoms with Gasteiger partial charge < -0.3 is 19.9 Å². The molecule has 3 aromatic rings. The number of nitrogens with one attached hydrogen (secondary N) is 1. The Morgan fingerprint density at radius 1 is 1.17 bits per heavy atom. The Hall–Kier alpha value is -3.68. The number of hydrogen-bond donors (Lipinski definition) is 2. The van der Waals surface area contributed by atoms with Crippen molar-refractivity contribution in [2.75, 3.05) is 11.9 Å². The third-order valence-electron chi connectivity index (χ3n) is 4.68. The molecule has 2 aromatic carbocycles. The van der Waals surface area contributed by atoms with Gasteiger partial charge in [0, 0.05) is 23.2 Å². The first kappa shape index (κ1) is 19.6. The highest BCUT2D eigenvalue weighted by Crippen LogP contribution is 2.39. The van der Waals surface area contributed by atoms with E-state index in [0.717, 1.165) is 28.8 Å². The van der Waals surface area contributed by atoms with E-state index in [1.165, 1.54) is 0 Å². The minimum atomic E-state index is -0.811. The fraction of sp³-hybridized carbons (Fsp3) is 0.273. The molecule has 2 heterocycles. The zero-order valence-electron chi connectivity index (χ0n) is 16.5. The van der Waals surface area contributed by atoms with E-state index in [-0.39, 0.29) is 12.4 Å². The number of aromatic nitrogens is 3. The number of anilines is 1. The number of aryl methyl sites for hydroxylation is 1. The first-order chi connectivity index (χ1) is 14.6. The number of para-hydroxylation sites is 1. The Bertz CT molecular complexity index is 1040. The number of benzene rings is 2. The van der Waals surface area contributed by atoms with Gasteiger partial charge in [-0.05, 0) is 24.5 Å². The van der Waals surface area contributed by atoms with Gasteiger partial charge in [0.1, 0.15) is 0 Å². The van der Waals surface area contributed by atoms with Crippen LogP contribution in [0.5, 0.6) is 11.9 Å². The van der Waals surface area contributed by atoms with Gasteiger partial charge in [-0.1, -0.05) is 54.5 Å². The minimum absolute atomic E-state index is 0.0986. The van der Waals surface area contributed by atoms with E-state index in [9.17, 15) is 4.79 Å². The minimum Gasteiger partial charge on any atom is -0.481 e. The number of aliphatic carboxylic acids is 1. The summed E-state index contributed by atoms with van der Waals surface area (Å²) < 4.78 is 11.7. The molecule has 0 aliphatic carbocycles. The molecule has 0 radical (unpaired) electrons. The summed E-state index contributed by atoms with van der Waals surface area (Å²) in [5, 5.41) is 20.6. The van der Waals surface area contributed by atoms with Crippen molar-refractivity contribution >= 4 is 11.7 Å². The highest BCUT2D eigenvalue weighted by molar-refractivity contribution is 5.79. The normalized spacial score (nSPS) is 14.5. The Morgan fingerprint density at radius 2 is 1.97 bits per heavy atom. The van der Waals surface area contributed by atoms with E-state index in [4.69, 9.17) is 14.6 Å². The average Bonchev–Trinajstić information content (AvgIpc) is 2.93. The summed E-state index contributed by atoms with van der Waals surface area (Å²) >= 11 is 0. The van der Waals surface area contributed by atoms with E-state index in [2.05, 4.69) is 20.5 Å². The summed E-state index contributed by atoms with van der Waals surface area (Å²) in [6, 6.07) is 15.6. The molecule has 4 rings (SSSR count). The number of hydrogen-bond acceptors (Lipinski definition) is 7. The SMILES string of the molecule is CCCOc1nnc2c(n1)OC(c1ccc(CCC(=O)O)cc1)Nc1ccccc1-2. The van der Waals surface area contributed by atoms with Crippen LogP contribution in [0.3, 0.4) is 0 Å². The van der Waals surface area contributed by atoms with Crippen LogP contribution in [0.25, 0.3) is 11.3 Å². The van der Waals surface area contributed by atoms with Crippen molar-refractivity contribution in [1.82, 2.24) is 15.2 Å². The third-order valence-corrected chi connectivity index (χ3v) is 4.68. The van der Waals surface area contributed by atoms with Crippen LogP contribution >= 0.6 is 0 Å². The molecule has 1 atom stereocenters. The van der Waals surface area contributed by atoms with Gasteiger partial charge in [0.05, 0.1) is 6.61 Å². The van der Waals surface area contributed by atoms with Crippen LogP contribution in [0.4, 0.5) is 5.69 Å². The number of carboxylic acid groups (broad SMARTS) is 1. The van der Waals surface area contributed by atoms with Gasteiger partial charge in [0.25, 0.3) is 0 Å². The lowest BCUT2D eigenvalue weighted by Gasteiger charge is -2.19. The largest absolute Gasteiger partial charge is 0.481 e. The number of nitrogens with zero attached hydrogens (tertiary/aromatic N) is 3. The molecule has 0 spiro atoms. The van der Waals surface area contributed by atoms with Crippen molar-refractivity contribution < 1.29 is 19.4 Å². The summed E-state index contributed by atoms with van der Waals surface area (Å²) in [4.78, 5) is 15.2. The lowest BCUT2D eigenvalue weighted by Crippen LogP contribution is -2.17. The van der Waals surface area contributed by atoms with Crippen LogP contribution in [-0.2, 0) is 11.2 Å². The number of carboxylic acids is 1. The lowest BCUT2D eigenvalue weighted by atomic mass is 10.1. The second-order valence-corrected chi connectivity index (χ2v) is 6.92. The smallest absolute Gasteiger partial charge is 0.339 e. The maximum atomic E-state index is 10.8. The van der Waals surface area contributed by atoms with Crippen molar-refractivity contribution in [3.63, 3.8) is 0 Å². The van der Waals surface area contributed by atoms with Gasteiger partial charge >= 0.3 is 12.0 Å². The van der Waals surface area contributed by atoms with Gasteiger partial charge in [-0.25, -0.2) is 0 Å². The molecule has 0 saturated heterocycles. The van der Waals surface area contributed by atoms with Crippen LogP contribution in [0, 0.1) is 0 Å². The first-order valence-electron chi connectivity index (χ1n) is 9.85. The molecule has 0 amide bonds. The summed E-state index contributed by atoms with van der Waals surface area (Å²) in [5.74, 6) is -0.470. The molecule has 1 unspecified atom stereocenters. The zero-order chi connectivity index (χ0) is 20.9. The predicted octanol–water partition coefficient (Wildman–Crippen LogP) is 3.85. The number of rotatable bonds is 7. The molecule has 154 valence electrons. The molecule has 2 N–H and O–H groups in total. The van der Waals surface area contributed by atoms with Gasteiger partial charge in [0.15, 0.2) is 11.9 Å². The Morgan fingerprint density at radius 3 is 2.73 bits per heavy atom. The standard InChI is InChI=1S/C22H22N4O4/c1-2-13-29-22-24-21-19(25-26-22)16-5-3-4-6-17(16)23-20(30-21)15-10-7-14(8-11-15)9-12-18(27)28/h3-8,10-11,20,23H,2,9,12-13H2,1H3,(H,27,28). The van der Waals surface area contributed by atoms with Crippen molar-refractivity contribution in [2.45, 2.75) is 32.4 Å². The molecule has 1 aromatic heterocycles. The van der Waals surface area contributed by atoms with Crippen LogP contribution in [-0.4, -0.2) is 32.9 Å². The maximum absolute atomic E-state index is 10.8. The van der Waals surface area contributed by atoms with Crippen LogP contribution in [0.15, 0.2) is 48.5 Å². The molecule has 0 bridgehead atoms. The summed E-state index contributed by atoms with van der Waals surface area (Å²) in [7, 11) is 0. The van der Waals surface area contributed by atoms with E-state index in [1.807, 2.05) is 55.5 Å². The van der Waals surface area contributed by atoms with Gasteiger partial charge in [-0.3, -0.25) is 4.79 Å². The van der Waals surface area contributed by atoms with Crippen molar-refractivity contribution in [3.8, 4) is 23.1 Å². The predicted molar refractivity (Wildman–Crippen MR) is 110 cm³/mol.